The Hall–Kier alpha value is -0.913. The molecule has 8 nitrogen and oxygen atoms in total. The minimum absolute atomic E-state index is 0.0409. The van der Waals surface area contributed by atoms with Crippen LogP contribution in [0.3, 0.4) is 0 Å². The average molecular weight is 597 g/mol. The van der Waals surface area contributed by atoms with Crippen LogP contribution in [0.5, 0.6) is 0 Å². The van der Waals surface area contributed by atoms with E-state index in [9.17, 15) is 4.79 Å². The van der Waals surface area contributed by atoms with E-state index >= 15 is 0 Å². The molecule has 5 atom stereocenters. The van der Waals surface area contributed by atoms with E-state index in [2.05, 4.69) is 41.5 Å². The lowest BCUT2D eigenvalue weighted by Gasteiger charge is -2.55. The first-order valence-corrected chi connectivity index (χ1v) is 15.0. The Bertz CT molecular complexity index is 948. The summed E-state index contributed by atoms with van der Waals surface area (Å²) < 4.78 is 35.2. The summed E-state index contributed by atoms with van der Waals surface area (Å²) in [5, 5.41) is 7.38. The van der Waals surface area contributed by atoms with Crippen LogP contribution in [-0.2, 0) is 39.2 Å². The number of nitrogens with one attached hydrogen (secondary N) is 1. The highest BCUT2D eigenvalue weighted by molar-refractivity contribution is 6.76. The average Bonchev–Trinajstić information content (AvgIpc) is 3.11. The van der Waals surface area contributed by atoms with Crippen molar-refractivity contribution in [1.29, 1.82) is 5.41 Å². The van der Waals surface area contributed by atoms with Crippen molar-refractivity contribution >= 4 is 55.2 Å². The monoisotopic (exact) mass is 595 g/mol. The summed E-state index contributed by atoms with van der Waals surface area (Å²) in [6, 6.07) is 9.61. The van der Waals surface area contributed by atoms with E-state index in [1.54, 1.807) is 0 Å². The van der Waals surface area contributed by atoms with Gasteiger partial charge in [-0.05, 0) is 5.56 Å². The molecule has 0 amide bonds. The second kappa shape index (κ2) is 11.3. The molecule has 37 heavy (non-hydrogen) atoms. The fourth-order valence-corrected chi connectivity index (χ4v) is 10.1. The Kier molecular flexibility index (Phi) is 9.35. The zero-order valence-electron chi connectivity index (χ0n) is 22.2. The highest BCUT2D eigenvalue weighted by atomic mass is 35.6. The zero-order valence-corrected chi connectivity index (χ0v) is 25.4. The number of rotatable bonds is 6. The lowest BCUT2D eigenvalue weighted by molar-refractivity contribution is -0.169. The molecule has 0 aromatic heterocycles. The zero-order chi connectivity index (χ0) is 27.8. The van der Waals surface area contributed by atoms with Gasteiger partial charge in [0.25, 0.3) is 3.79 Å². The second-order valence-corrected chi connectivity index (χ2v) is 18.3. The van der Waals surface area contributed by atoms with Crippen LogP contribution in [0, 0.1) is 5.41 Å². The van der Waals surface area contributed by atoms with Gasteiger partial charge in [-0.15, -0.1) is 0 Å². The molecule has 1 N–H and O–H groups in total. The van der Waals surface area contributed by atoms with E-state index in [1.165, 1.54) is 6.92 Å². The van der Waals surface area contributed by atoms with Crippen molar-refractivity contribution in [3.05, 3.63) is 35.9 Å². The van der Waals surface area contributed by atoms with Gasteiger partial charge in [0.2, 0.25) is 12.2 Å². The van der Waals surface area contributed by atoms with Gasteiger partial charge in [0.05, 0.1) is 6.61 Å². The third-order valence-electron chi connectivity index (χ3n) is 6.40. The largest absolute Gasteiger partial charge is 0.463 e. The standard InChI is InChI=1S/C25H36Cl3NO7Si/c1-15(30)31-14-17-18-19(36-37(35-17,23(2,3)4)24(5,6)7)20(32-13-16-11-9-8-10-12-16)21(33-18)34-22(29)25(26,27)28/h8-12,17-21,29H,13-14H2,1-7H3/t17-,18+,19+,20-,21+/m1/s1. The summed E-state index contributed by atoms with van der Waals surface area (Å²) in [6.07, 6.45) is -3.96. The molecule has 0 radical (unpaired) electrons. The number of alkyl halides is 3. The van der Waals surface area contributed by atoms with Crippen molar-refractivity contribution in [3.8, 4) is 0 Å². The predicted octanol–water partition coefficient (Wildman–Crippen LogP) is 6.05. The normalized spacial score (nSPS) is 27.9. The Balaban J connectivity index is 2.03. The Morgan fingerprint density at radius 2 is 1.59 bits per heavy atom. The van der Waals surface area contributed by atoms with Crippen LogP contribution in [0.1, 0.15) is 54.0 Å². The van der Waals surface area contributed by atoms with Gasteiger partial charge in [0.15, 0.2) is 0 Å². The van der Waals surface area contributed by atoms with Crippen LogP contribution in [0.4, 0.5) is 0 Å². The Morgan fingerprint density at radius 3 is 2.11 bits per heavy atom. The van der Waals surface area contributed by atoms with Gasteiger partial charge in [-0.25, -0.2) is 0 Å². The van der Waals surface area contributed by atoms with Crippen LogP contribution in [-0.4, -0.2) is 61.5 Å². The predicted molar refractivity (Wildman–Crippen MR) is 144 cm³/mol. The molecule has 2 saturated heterocycles. The van der Waals surface area contributed by atoms with E-state index in [0.29, 0.717) is 0 Å². The summed E-state index contributed by atoms with van der Waals surface area (Å²) in [4.78, 5) is 11.7. The van der Waals surface area contributed by atoms with E-state index in [4.69, 9.17) is 68.0 Å². The van der Waals surface area contributed by atoms with Gasteiger partial charge in [0.1, 0.15) is 31.0 Å². The number of carbonyl (C=O) groups excluding carboxylic acids is 1. The molecule has 0 saturated carbocycles. The SMILES string of the molecule is CC(=O)OC[C@H]1O[Si](C(C)(C)C)(C(C)(C)C)O[C@H]2[C@H]1O[C@@H](OC(=N)C(Cl)(Cl)Cl)[C@@H]2OCc1ccccc1. The molecule has 3 rings (SSSR count). The number of carbonyl (C=O) groups is 1. The van der Waals surface area contributed by atoms with Crippen molar-refractivity contribution < 1.29 is 32.6 Å². The number of halogens is 3. The van der Waals surface area contributed by atoms with Crippen LogP contribution in [0.15, 0.2) is 30.3 Å². The molecule has 1 aromatic rings. The van der Waals surface area contributed by atoms with E-state index < -0.39 is 54.9 Å². The van der Waals surface area contributed by atoms with Crippen molar-refractivity contribution in [1.82, 2.24) is 0 Å². The van der Waals surface area contributed by atoms with Crippen LogP contribution in [0.2, 0.25) is 10.1 Å². The highest BCUT2D eigenvalue weighted by Crippen LogP contribution is 2.57. The first-order chi connectivity index (χ1) is 17.0. The molecule has 2 heterocycles. The molecule has 0 aliphatic carbocycles. The Morgan fingerprint density at radius 1 is 1.00 bits per heavy atom. The molecule has 12 heteroatoms. The van der Waals surface area contributed by atoms with E-state index in [1.807, 2.05) is 30.3 Å². The Labute approximate surface area is 234 Å². The molecular weight excluding hydrogens is 561 g/mol. The molecular formula is C25H36Cl3NO7Si. The van der Waals surface area contributed by atoms with E-state index in [-0.39, 0.29) is 23.3 Å². The van der Waals surface area contributed by atoms with Crippen molar-refractivity contribution in [3.63, 3.8) is 0 Å². The van der Waals surface area contributed by atoms with Gasteiger partial charge < -0.3 is 27.8 Å². The van der Waals surface area contributed by atoms with Crippen LogP contribution < -0.4 is 0 Å². The maximum atomic E-state index is 11.7. The maximum Gasteiger partial charge on any atom is 0.350 e. The van der Waals surface area contributed by atoms with Gasteiger partial charge in [-0.2, -0.15) is 0 Å². The topological polar surface area (TPSA) is 96.3 Å². The molecule has 208 valence electrons. The smallest absolute Gasteiger partial charge is 0.350 e. The van der Waals surface area contributed by atoms with Gasteiger partial charge >= 0.3 is 14.5 Å². The molecule has 0 spiro atoms. The first-order valence-electron chi connectivity index (χ1n) is 12.1. The summed E-state index contributed by atoms with van der Waals surface area (Å²) >= 11 is 17.7. The lowest BCUT2D eigenvalue weighted by Crippen LogP contribution is -2.68. The molecule has 0 unspecified atom stereocenters. The summed E-state index contributed by atoms with van der Waals surface area (Å²) in [7, 11) is -3.10. The summed E-state index contributed by atoms with van der Waals surface area (Å²) in [6.45, 7) is 14.0. The number of fused-ring (bicyclic) bond motifs is 1. The molecule has 2 aliphatic rings. The van der Waals surface area contributed by atoms with E-state index in [0.717, 1.165) is 5.56 Å². The maximum absolute atomic E-state index is 11.7. The minimum Gasteiger partial charge on any atom is -0.463 e. The fourth-order valence-electron chi connectivity index (χ4n) is 4.96. The molecule has 1 aromatic carbocycles. The number of hydrogen-bond acceptors (Lipinski definition) is 8. The van der Waals surface area contributed by atoms with Gasteiger partial charge in [-0.3, -0.25) is 10.2 Å². The molecule has 0 bridgehead atoms. The van der Waals surface area contributed by atoms with Crippen LogP contribution in [0.25, 0.3) is 0 Å². The summed E-state index contributed by atoms with van der Waals surface area (Å²) in [5.41, 5.74) is 0.930. The number of benzene rings is 1. The fraction of sp³-hybridized carbons (Fsp3) is 0.680. The third-order valence-corrected chi connectivity index (χ3v) is 12.1. The van der Waals surface area contributed by atoms with Gasteiger partial charge in [-0.1, -0.05) is 107 Å². The van der Waals surface area contributed by atoms with Crippen LogP contribution >= 0.6 is 34.8 Å². The second-order valence-electron chi connectivity index (χ2n) is 11.3. The van der Waals surface area contributed by atoms with Crippen molar-refractivity contribution in [2.24, 2.45) is 0 Å². The first kappa shape index (κ1) is 30.6. The van der Waals surface area contributed by atoms with Gasteiger partial charge in [0, 0.05) is 17.0 Å². The number of hydrogen-bond donors (Lipinski definition) is 1. The molecule has 2 fully saturated rings. The third kappa shape index (κ3) is 6.81. The number of ether oxygens (including phenoxy) is 4. The number of esters is 1. The van der Waals surface area contributed by atoms with Crippen molar-refractivity contribution in [2.45, 2.75) is 99.6 Å². The summed E-state index contributed by atoms with van der Waals surface area (Å²) in [5.74, 6) is -1.05. The highest BCUT2D eigenvalue weighted by Gasteiger charge is 2.68. The molecule has 2 aliphatic heterocycles. The minimum atomic E-state index is -3.10. The lowest BCUT2D eigenvalue weighted by atomic mass is 10.1. The quantitative estimate of drug-likeness (QED) is 0.140. The van der Waals surface area contributed by atoms with Crippen molar-refractivity contribution in [2.75, 3.05) is 6.61 Å².